The molecule has 0 aromatic heterocycles. The van der Waals surface area contributed by atoms with Gasteiger partial charge in [-0.15, -0.1) is 0 Å². The minimum atomic E-state index is -0.349. The molecule has 5 nitrogen and oxygen atoms in total. The second-order valence-electron chi connectivity index (χ2n) is 8.18. The van der Waals surface area contributed by atoms with E-state index in [1.165, 1.54) is 11.1 Å². The van der Waals surface area contributed by atoms with Crippen molar-refractivity contribution in [2.45, 2.75) is 52.5 Å². The number of hydrogen-bond donors (Lipinski definition) is 0. The summed E-state index contributed by atoms with van der Waals surface area (Å²) in [5.41, 5.74) is 4.58. The fraction of sp³-hybridized carbons (Fsp3) is 0.375. The zero-order valence-electron chi connectivity index (χ0n) is 17.5. The quantitative estimate of drug-likeness (QED) is 0.670. The van der Waals surface area contributed by atoms with Gasteiger partial charge >= 0.3 is 0 Å². The summed E-state index contributed by atoms with van der Waals surface area (Å²) in [6.45, 7) is 8.62. The maximum atomic E-state index is 12.8. The van der Waals surface area contributed by atoms with Crippen molar-refractivity contribution >= 4 is 11.6 Å². The summed E-state index contributed by atoms with van der Waals surface area (Å²) in [5, 5.41) is 15.4. The third-order valence-electron chi connectivity index (χ3n) is 4.99. The zero-order chi connectivity index (χ0) is 21.0. The summed E-state index contributed by atoms with van der Waals surface area (Å²) in [6, 6.07) is 15.6. The van der Waals surface area contributed by atoms with Gasteiger partial charge in [-0.1, -0.05) is 41.5 Å². The smallest absolute Gasteiger partial charge is 0.243 e. The van der Waals surface area contributed by atoms with E-state index in [-0.39, 0.29) is 11.4 Å². The Bertz CT molecular complexity index is 966. The molecule has 0 atom stereocenters. The monoisotopic (exact) mass is 389 g/mol. The molecule has 0 bridgehead atoms. The van der Waals surface area contributed by atoms with Crippen LogP contribution in [0.1, 0.15) is 55.4 Å². The lowest BCUT2D eigenvalue weighted by molar-refractivity contribution is -0.135. The van der Waals surface area contributed by atoms with Crippen LogP contribution < -0.4 is 4.74 Å². The Balaban J connectivity index is 1.62. The van der Waals surface area contributed by atoms with Crippen molar-refractivity contribution in [1.82, 2.24) is 5.01 Å². The lowest BCUT2D eigenvalue weighted by Crippen LogP contribution is -2.40. The Morgan fingerprint density at radius 2 is 1.90 bits per heavy atom. The second-order valence-corrected chi connectivity index (χ2v) is 8.18. The Kier molecular flexibility index (Phi) is 6.03. The number of hydrogen-bond acceptors (Lipinski definition) is 4. The zero-order valence-corrected chi connectivity index (χ0v) is 17.5. The Morgan fingerprint density at radius 1 is 1.21 bits per heavy atom. The number of nitrogens with zero attached hydrogens (tertiary/aromatic N) is 3. The molecule has 0 aliphatic carbocycles. The van der Waals surface area contributed by atoms with E-state index in [9.17, 15) is 4.79 Å². The third kappa shape index (κ3) is 4.83. The van der Waals surface area contributed by atoms with E-state index >= 15 is 0 Å². The van der Waals surface area contributed by atoms with Crippen LogP contribution in [0.4, 0.5) is 0 Å². The van der Waals surface area contributed by atoms with Crippen LogP contribution in [0.2, 0.25) is 0 Å². The molecule has 2 aromatic rings. The summed E-state index contributed by atoms with van der Waals surface area (Å²) in [6.07, 6.45) is 1.65. The Hall–Kier alpha value is -3.13. The number of carbonyl (C=O) groups is 1. The van der Waals surface area contributed by atoms with E-state index in [0.717, 1.165) is 17.7 Å². The van der Waals surface area contributed by atoms with Crippen molar-refractivity contribution in [1.29, 1.82) is 5.26 Å². The summed E-state index contributed by atoms with van der Waals surface area (Å²) in [5.74, 6) is 0.547. The van der Waals surface area contributed by atoms with Gasteiger partial charge in [-0.3, -0.25) is 4.79 Å². The number of carbonyl (C=O) groups excluding carboxylic acids is 1. The van der Waals surface area contributed by atoms with E-state index in [1.807, 2.05) is 19.9 Å². The molecular formula is C24H27N3O2. The van der Waals surface area contributed by atoms with Crippen molar-refractivity contribution < 1.29 is 9.53 Å². The number of para-hydroxylation sites is 1. The number of amides is 1. The highest BCUT2D eigenvalue weighted by molar-refractivity contribution is 6.03. The van der Waals surface area contributed by atoms with E-state index in [4.69, 9.17) is 10.00 Å². The van der Waals surface area contributed by atoms with Gasteiger partial charge in [0, 0.05) is 12.8 Å². The molecule has 3 rings (SSSR count). The first kappa shape index (κ1) is 20.6. The van der Waals surface area contributed by atoms with Gasteiger partial charge < -0.3 is 4.74 Å². The van der Waals surface area contributed by atoms with Crippen LogP contribution in [0.5, 0.6) is 5.75 Å². The second kappa shape index (κ2) is 8.48. The van der Waals surface area contributed by atoms with Crippen LogP contribution in [0, 0.1) is 25.2 Å². The molecule has 1 aliphatic heterocycles. The number of ether oxygens (including phenoxy) is 1. The average molecular weight is 389 g/mol. The molecule has 0 radical (unpaired) electrons. The van der Waals surface area contributed by atoms with Crippen LogP contribution in [-0.4, -0.2) is 28.8 Å². The molecule has 0 saturated carbocycles. The third-order valence-corrected chi connectivity index (χ3v) is 4.99. The minimum absolute atomic E-state index is 0.00783. The Labute approximate surface area is 172 Å². The highest BCUT2D eigenvalue weighted by Gasteiger charge is 2.38. The lowest BCUT2D eigenvalue weighted by Gasteiger charge is -2.28. The summed E-state index contributed by atoms with van der Waals surface area (Å²) in [7, 11) is 0. The summed E-state index contributed by atoms with van der Waals surface area (Å²) < 4.78 is 5.68. The summed E-state index contributed by atoms with van der Waals surface area (Å²) >= 11 is 0. The van der Waals surface area contributed by atoms with Gasteiger partial charge in [-0.2, -0.15) is 10.4 Å². The average Bonchev–Trinajstić information content (AvgIpc) is 3.00. The number of aryl methyl sites for hydroxylation is 2. The SMILES string of the molecule is Cc1cc(C)cc(C2=NN(C(=O)CCCOc3ccccc3C#N)C(C)(C)C2)c1. The highest BCUT2D eigenvalue weighted by Crippen LogP contribution is 2.31. The predicted octanol–water partition coefficient (Wildman–Crippen LogP) is 4.75. The van der Waals surface area contributed by atoms with Gasteiger partial charge in [-0.05, 0) is 51.8 Å². The standard InChI is InChI=1S/C24H27N3O2/c1-17-12-18(2)14-20(13-17)21-15-24(3,4)27(26-21)23(28)10-7-11-29-22-9-6-5-8-19(22)16-25/h5-6,8-9,12-14H,7,10-11,15H2,1-4H3. The first-order valence-electron chi connectivity index (χ1n) is 9.91. The molecule has 1 aliphatic rings. The normalized spacial score (nSPS) is 15.0. The van der Waals surface area contributed by atoms with E-state index in [0.29, 0.717) is 30.8 Å². The fourth-order valence-corrected chi connectivity index (χ4v) is 3.67. The van der Waals surface area contributed by atoms with Crippen LogP contribution in [0.3, 0.4) is 0 Å². The molecule has 29 heavy (non-hydrogen) atoms. The highest BCUT2D eigenvalue weighted by atomic mass is 16.5. The van der Waals surface area contributed by atoms with Crippen molar-refractivity contribution in [3.05, 3.63) is 64.7 Å². The molecular weight excluding hydrogens is 362 g/mol. The van der Waals surface area contributed by atoms with Crippen molar-refractivity contribution in [2.24, 2.45) is 5.10 Å². The van der Waals surface area contributed by atoms with Crippen LogP contribution in [0.25, 0.3) is 0 Å². The van der Waals surface area contributed by atoms with Crippen molar-refractivity contribution in [2.75, 3.05) is 6.61 Å². The van der Waals surface area contributed by atoms with Gasteiger partial charge in [0.1, 0.15) is 11.8 Å². The maximum Gasteiger partial charge on any atom is 0.243 e. The first-order chi connectivity index (χ1) is 13.8. The number of nitriles is 1. The van der Waals surface area contributed by atoms with Crippen molar-refractivity contribution in [3.63, 3.8) is 0 Å². The lowest BCUT2D eigenvalue weighted by atomic mass is 9.93. The summed E-state index contributed by atoms with van der Waals surface area (Å²) in [4.78, 5) is 12.8. The number of benzene rings is 2. The molecule has 1 heterocycles. The molecule has 0 saturated heterocycles. The predicted molar refractivity (Wildman–Crippen MR) is 114 cm³/mol. The Morgan fingerprint density at radius 3 is 2.59 bits per heavy atom. The van der Waals surface area contributed by atoms with Gasteiger partial charge in [-0.25, -0.2) is 5.01 Å². The topological polar surface area (TPSA) is 65.7 Å². The van der Waals surface area contributed by atoms with Crippen LogP contribution in [0.15, 0.2) is 47.6 Å². The molecule has 150 valence electrons. The van der Waals surface area contributed by atoms with Gasteiger partial charge in [0.25, 0.3) is 0 Å². The molecule has 2 aromatic carbocycles. The maximum absolute atomic E-state index is 12.8. The molecule has 0 fully saturated rings. The largest absolute Gasteiger partial charge is 0.492 e. The van der Waals surface area contributed by atoms with E-state index in [2.05, 4.69) is 43.2 Å². The van der Waals surface area contributed by atoms with E-state index in [1.54, 1.807) is 23.2 Å². The van der Waals surface area contributed by atoms with Crippen LogP contribution in [-0.2, 0) is 4.79 Å². The number of rotatable bonds is 6. The molecule has 1 amide bonds. The van der Waals surface area contributed by atoms with Gasteiger partial charge in [0.15, 0.2) is 0 Å². The van der Waals surface area contributed by atoms with Gasteiger partial charge in [0.05, 0.1) is 23.4 Å². The fourth-order valence-electron chi connectivity index (χ4n) is 3.67. The molecule has 0 spiro atoms. The first-order valence-corrected chi connectivity index (χ1v) is 9.91. The van der Waals surface area contributed by atoms with Crippen molar-refractivity contribution in [3.8, 4) is 11.8 Å². The molecule has 0 N–H and O–H groups in total. The number of hydrazone groups is 1. The molecule has 0 unspecified atom stereocenters. The van der Waals surface area contributed by atoms with Crippen LogP contribution >= 0.6 is 0 Å². The molecule has 5 heteroatoms. The minimum Gasteiger partial charge on any atom is -0.492 e. The van der Waals surface area contributed by atoms with Gasteiger partial charge in [0.2, 0.25) is 5.91 Å². The van der Waals surface area contributed by atoms with E-state index < -0.39 is 0 Å².